The molecule has 8 heteroatoms. The van der Waals surface area contributed by atoms with E-state index in [2.05, 4.69) is 15.6 Å². The zero-order chi connectivity index (χ0) is 21.7. The van der Waals surface area contributed by atoms with E-state index >= 15 is 0 Å². The van der Waals surface area contributed by atoms with E-state index in [1.54, 1.807) is 24.3 Å². The van der Waals surface area contributed by atoms with E-state index in [9.17, 15) is 14.4 Å². The molecule has 154 valence electrons. The molecule has 0 fully saturated rings. The topological polar surface area (TPSA) is 107 Å². The monoisotopic (exact) mass is 407 g/mol. The highest BCUT2D eigenvalue weighted by molar-refractivity contribution is 6.06. The zero-order valence-electron chi connectivity index (χ0n) is 16.8. The predicted molar refractivity (Wildman–Crippen MR) is 111 cm³/mol. The summed E-state index contributed by atoms with van der Waals surface area (Å²) in [5.74, 6) is -0.898. The number of benzene rings is 2. The van der Waals surface area contributed by atoms with Gasteiger partial charge in [-0.25, -0.2) is 14.6 Å². The molecule has 0 bridgehead atoms. The maximum atomic E-state index is 12.9. The Morgan fingerprint density at radius 1 is 1.03 bits per heavy atom. The number of esters is 1. The Hall–Kier alpha value is -3.94. The van der Waals surface area contributed by atoms with E-state index < -0.39 is 24.0 Å². The molecule has 0 aliphatic heterocycles. The van der Waals surface area contributed by atoms with Crippen molar-refractivity contribution in [3.05, 3.63) is 60.2 Å². The fourth-order valence-electron chi connectivity index (χ4n) is 2.81. The standard InChI is InChI=1S/C22H21N3O5/c1-13(20(26)25-22(28)23-2)30-21(27)17-12-19(14-7-5-4-6-8-14)24-18-10-9-15(29-3)11-16(17)18/h4-13H,1-3H3,(H2,23,25,26,28)/t13-/m0/s1. The average molecular weight is 407 g/mol. The molecule has 2 N–H and O–H groups in total. The number of nitrogens with one attached hydrogen (secondary N) is 2. The van der Waals surface area contributed by atoms with Crippen molar-refractivity contribution < 1.29 is 23.9 Å². The molecular formula is C22H21N3O5. The summed E-state index contributed by atoms with van der Waals surface area (Å²) in [7, 11) is 2.90. The van der Waals surface area contributed by atoms with Crippen molar-refractivity contribution in [1.82, 2.24) is 15.6 Å². The largest absolute Gasteiger partial charge is 0.497 e. The SMILES string of the molecule is CNC(=O)NC(=O)[C@H](C)OC(=O)c1cc(-c2ccccc2)nc2ccc(OC)cc12. The second kappa shape index (κ2) is 9.04. The Bertz CT molecular complexity index is 1100. The Morgan fingerprint density at radius 2 is 1.77 bits per heavy atom. The van der Waals surface area contributed by atoms with Crippen LogP contribution in [0.4, 0.5) is 4.79 Å². The van der Waals surface area contributed by atoms with Crippen molar-refractivity contribution >= 4 is 28.8 Å². The summed E-state index contributed by atoms with van der Waals surface area (Å²) in [6.45, 7) is 1.39. The molecule has 0 saturated heterocycles. The zero-order valence-corrected chi connectivity index (χ0v) is 16.8. The van der Waals surface area contributed by atoms with Gasteiger partial charge >= 0.3 is 12.0 Å². The van der Waals surface area contributed by atoms with Crippen LogP contribution in [0.2, 0.25) is 0 Å². The number of urea groups is 1. The van der Waals surface area contributed by atoms with Crippen LogP contribution in [0.3, 0.4) is 0 Å². The molecular weight excluding hydrogens is 386 g/mol. The normalized spacial score (nSPS) is 11.4. The van der Waals surface area contributed by atoms with Gasteiger partial charge in [-0.15, -0.1) is 0 Å². The minimum absolute atomic E-state index is 0.234. The maximum Gasteiger partial charge on any atom is 0.339 e. The van der Waals surface area contributed by atoms with Gasteiger partial charge in [-0.1, -0.05) is 30.3 Å². The molecule has 0 unspecified atom stereocenters. The van der Waals surface area contributed by atoms with Crippen LogP contribution in [0, 0.1) is 0 Å². The van der Waals surface area contributed by atoms with Gasteiger partial charge in [0.05, 0.1) is 23.9 Å². The molecule has 1 heterocycles. The molecule has 8 nitrogen and oxygen atoms in total. The van der Waals surface area contributed by atoms with Gasteiger partial charge in [0.25, 0.3) is 5.91 Å². The summed E-state index contributed by atoms with van der Waals surface area (Å²) in [5, 5.41) is 4.87. The number of nitrogens with zero attached hydrogens (tertiary/aromatic N) is 1. The fraction of sp³-hybridized carbons (Fsp3) is 0.182. The van der Waals surface area contributed by atoms with Gasteiger partial charge in [-0.05, 0) is 31.2 Å². The van der Waals surface area contributed by atoms with Crippen LogP contribution in [0.1, 0.15) is 17.3 Å². The van der Waals surface area contributed by atoms with Crippen LogP contribution in [-0.4, -0.2) is 43.2 Å². The number of imide groups is 1. The molecule has 1 atom stereocenters. The van der Waals surface area contributed by atoms with Gasteiger partial charge in [0.1, 0.15) is 5.75 Å². The number of carbonyl (C=O) groups is 3. The minimum atomic E-state index is -1.18. The van der Waals surface area contributed by atoms with Crippen molar-refractivity contribution in [3.63, 3.8) is 0 Å². The van der Waals surface area contributed by atoms with Crippen LogP contribution >= 0.6 is 0 Å². The fourth-order valence-corrected chi connectivity index (χ4v) is 2.81. The van der Waals surface area contributed by atoms with E-state index in [0.717, 1.165) is 5.56 Å². The number of hydrogen-bond acceptors (Lipinski definition) is 6. The quantitative estimate of drug-likeness (QED) is 0.630. The van der Waals surface area contributed by atoms with E-state index in [-0.39, 0.29) is 5.56 Å². The molecule has 0 radical (unpaired) electrons. The molecule has 0 spiro atoms. The van der Waals surface area contributed by atoms with E-state index in [1.165, 1.54) is 21.1 Å². The molecule has 2 aromatic carbocycles. The summed E-state index contributed by atoms with van der Waals surface area (Å²) < 4.78 is 10.6. The summed E-state index contributed by atoms with van der Waals surface area (Å²) in [4.78, 5) is 40.9. The van der Waals surface area contributed by atoms with Crippen LogP contribution in [0.5, 0.6) is 5.75 Å². The van der Waals surface area contributed by atoms with E-state index in [4.69, 9.17) is 9.47 Å². The maximum absolute atomic E-state index is 12.9. The lowest BCUT2D eigenvalue weighted by molar-refractivity contribution is -0.127. The molecule has 0 saturated carbocycles. The Labute approximate surface area is 173 Å². The second-order valence-corrected chi connectivity index (χ2v) is 6.42. The second-order valence-electron chi connectivity index (χ2n) is 6.42. The number of aromatic nitrogens is 1. The Balaban J connectivity index is 2.00. The highest BCUT2D eigenvalue weighted by atomic mass is 16.5. The molecule has 3 aromatic rings. The van der Waals surface area contributed by atoms with Gasteiger partial charge in [0.15, 0.2) is 6.10 Å². The van der Waals surface area contributed by atoms with Crippen LogP contribution in [-0.2, 0) is 9.53 Å². The average Bonchev–Trinajstić information content (AvgIpc) is 2.78. The van der Waals surface area contributed by atoms with Gasteiger partial charge < -0.3 is 14.8 Å². The van der Waals surface area contributed by atoms with Crippen LogP contribution in [0.25, 0.3) is 22.2 Å². The summed E-state index contributed by atoms with van der Waals surface area (Å²) in [6, 6.07) is 15.5. The van der Waals surface area contributed by atoms with E-state index in [1.807, 2.05) is 30.3 Å². The predicted octanol–water partition coefficient (Wildman–Crippen LogP) is 2.91. The first-order chi connectivity index (χ1) is 14.4. The van der Waals surface area contributed by atoms with E-state index in [0.29, 0.717) is 22.3 Å². The summed E-state index contributed by atoms with van der Waals surface area (Å²) in [6.07, 6.45) is -1.18. The summed E-state index contributed by atoms with van der Waals surface area (Å²) >= 11 is 0. The number of fused-ring (bicyclic) bond motifs is 1. The smallest absolute Gasteiger partial charge is 0.339 e. The van der Waals surface area contributed by atoms with Crippen LogP contribution in [0.15, 0.2) is 54.6 Å². The third-order valence-electron chi connectivity index (χ3n) is 4.42. The summed E-state index contributed by atoms with van der Waals surface area (Å²) in [5.41, 5.74) is 2.22. The van der Waals surface area contributed by atoms with Crippen molar-refractivity contribution in [1.29, 1.82) is 0 Å². The van der Waals surface area contributed by atoms with Crippen molar-refractivity contribution in [2.75, 3.05) is 14.2 Å². The molecule has 0 aliphatic carbocycles. The van der Waals surface area contributed by atoms with Gasteiger partial charge in [-0.3, -0.25) is 10.1 Å². The first-order valence-corrected chi connectivity index (χ1v) is 9.20. The highest BCUT2D eigenvalue weighted by Crippen LogP contribution is 2.28. The highest BCUT2D eigenvalue weighted by Gasteiger charge is 2.23. The lowest BCUT2D eigenvalue weighted by Crippen LogP contribution is -2.43. The molecule has 3 amide bonds. The molecule has 3 rings (SSSR count). The lowest BCUT2D eigenvalue weighted by atomic mass is 10.0. The van der Waals surface area contributed by atoms with Crippen molar-refractivity contribution in [2.45, 2.75) is 13.0 Å². The third kappa shape index (κ3) is 4.54. The molecule has 1 aromatic heterocycles. The Kier molecular flexibility index (Phi) is 6.26. The number of ether oxygens (including phenoxy) is 2. The van der Waals surface area contributed by atoms with Gasteiger partial charge in [-0.2, -0.15) is 0 Å². The van der Waals surface area contributed by atoms with Gasteiger partial charge in [0, 0.05) is 18.0 Å². The third-order valence-corrected chi connectivity index (χ3v) is 4.42. The number of carbonyl (C=O) groups excluding carboxylic acids is 3. The number of pyridine rings is 1. The number of rotatable bonds is 5. The lowest BCUT2D eigenvalue weighted by Gasteiger charge is -2.15. The number of amides is 3. The number of methoxy groups -OCH3 is 1. The van der Waals surface area contributed by atoms with Crippen molar-refractivity contribution in [2.24, 2.45) is 0 Å². The van der Waals surface area contributed by atoms with Crippen molar-refractivity contribution in [3.8, 4) is 17.0 Å². The first-order valence-electron chi connectivity index (χ1n) is 9.20. The Morgan fingerprint density at radius 3 is 2.43 bits per heavy atom. The van der Waals surface area contributed by atoms with Crippen LogP contribution < -0.4 is 15.4 Å². The number of hydrogen-bond donors (Lipinski definition) is 2. The minimum Gasteiger partial charge on any atom is -0.497 e. The first kappa shape index (κ1) is 20.8. The molecule has 30 heavy (non-hydrogen) atoms. The molecule has 0 aliphatic rings. The van der Waals surface area contributed by atoms with Gasteiger partial charge in [0.2, 0.25) is 0 Å².